The molecule has 1 heteroatoms. The Kier molecular flexibility index (Phi) is 4.07. The number of fused-ring (bicyclic) bond motifs is 1. The summed E-state index contributed by atoms with van der Waals surface area (Å²) < 4.78 is 0. The number of hydrogen-bond donors (Lipinski definition) is 1. The molecule has 2 saturated carbocycles. The summed E-state index contributed by atoms with van der Waals surface area (Å²) in [6.07, 6.45) is 11.7. The van der Waals surface area contributed by atoms with E-state index in [1.807, 2.05) is 0 Å². The maximum absolute atomic E-state index is 5.80. The summed E-state index contributed by atoms with van der Waals surface area (Å²) in [5.74, 6) is 4.03. The van der Waals surface area contributed by atoms with E-state index >= 15 is 0 Å². The molecule has 0 saturated heterocycles. The fourth-order valence-corrected chi connectivity index (χ4v) is 3.97. The van der Waals surface area contributed by atoms with Gasteiger partial charge in [0.05, 0.1) is 0 Å². The first-order valence-electron chi connectivity index (χ1n) is 7.03. The van der Waals surface area contributed by atoms with Crippen LogP contribution in [-0.2, 0) is 0 Å². The van der Waals surface area contributed by atoms with Crippen molar-refractivity contribution in [1.29, 1.82) is 0 Å². The van der Waals surface area contributed by atoms with Gasteiger partial charge >= 0.3 is 0 Å². The van der Waals surface area contributed by atoms with Crippen LogP contribution >= 0.6 is 0 Å². The molecule has 88 valence electrons. The molecule has 0 aromatic heterocycles. The number of hydrogen-bond acceptors (Lipinski definition) is 1. The number of nitrogens with two attached hydrogens (primary N) is 1. The van der Waals surface area contributed by atoms with Gasteiger partial charge in [0, 0.05) is 0 Å². The maximum atomic E-state index is 5.80. The van der Waals surface area contributed by atoms with Gasteiger partial charge in [0.2, 0.25) is 0 Å². The highest BCUT2D eigenvalue weighted by Gasteiger charge is 2.34. The molecule has 0 amide bonds. The van der Waals surface area contributed by atoms with Crippen LogP contribution in [0.1, 0.15) is 58.3 Å². The summed E-state index contributed by atoms with van der Waals surface area (Å²) in [6, 6.07) is 0. The van der Waals surface area contributed by atoms with Crippen LogP contribution in [0.2, 0.25) is 0 Å². The zero-order valence-electron chi connectivity index (χ0n) is 10.3. The lowest BCUT2D eigenvalue weighted by atomic mass is 9.64. The van der Waals surface area contributed by atoms with Gasteiger partial charge in [0.25, 0.3) is 0 Å². The Hall–Kier alpha value is -0.0400. The highest BCUT2D eigenvalue weighted by Crippen LogP contribution is 2.45. The summed E-state index contributed by atoms with van der Waals surface area (Å²) in [5.41, 5.74) is 5.80. The van der Waals surface area contributed by atoms with Crippen molar-refractivity contribution in [3.63, 3.8) is 0 Å². The molecule has 0 bridgehead atoms. The SMILES string of the molecule is CCCC1CCC2CC(CN)CCC2C1. The van der Waals surface area contributed by atoms with Gasteiger partial charge in [-0.1, -0.05) is 26.2 Å². The van der Waals surface area contributed by atoms with E-state index in [1.54, 1.807) is 0 Å². The molecule has 2 aliphatic carbocycles. The predicted molar refractivity (Wildman–Crippen MR) is 65.6 cm³/mol. The van der Waals surface area contributed by atoms with Crippen molar-refractivity contribution in [3.05, 3.63) is 0 Å². The largest absolute Gasteiger partial charge is 0.330 e. The molecule has 2 rings (SSSR count). The van der Waals surface area contributed by atoms with Crippen LogP contribution in [0.4, 0.5) is 0 Å². The van der Waals surface area contributed by atoms with Crippen LogP contribution < -0.4 is 5.73 Å². The van der Waals surface area contributed by atoms with Crippen molar-refractivity contribution in [2.45, 2.75) is 58.3 Å². The van der Waals surface area contributed by atoms with Crippen molar-refractivity contribution in [3.8, 4) is 0 Å². The zero-order chi connectivity index (χ0) is 10.7. The Bertz CT molecular complexity index is 190. The van der Waals surface area contributed by atoms with Crippen molar-refractivity contribution < 1.29 is 0 Å². The van der Waals surface area contributed by atoms with Crippen LogP contribution in [0, 0.1) is 23.7 Å². The molecule has 0 aromatic carbocycles. The van der Waals surface area contributed by atoms with Gasteiger partial charge in [0.15, 0.2) is 0 Å². The molecule has 2 N–H and O–H groups in total. The average Bonchev–Trinajstić information content (AvgIpc) is 2.29. The van der Waals surface area contributed by atoms with Gasteiger partial charge in [-0.15, -0.1) is 0 Å². The second-order valence-corrected chi connectivity index (χ2v) is 5.90. The predicted octanol–water partition coefficient (Wildman–Crippen LogP) is 3.58. The van der Waals surface area contributed by atoms with E-state index in [0.29, 0.717) is 0 Å². The Labute approximate surface area is 94.8 Å². The van der Waals surface area contributed by atoms with Crippen LogP contribution in [0.25, 0.3) is 0 Å². The molecule has 2 fully saturated rings. The summed E-state index contributed by atoms with van der Waals surface area (Å²) in [4.78, 5) is 0. The lowest BCUT2D eigenvalue weighted by molar-refractivity contribution is 0.0973. The van der Waals surface area contributed by atoms with E-state index in [-0.39, 0.29) is 0 Å². The quantitative estimate of drug-likeness (QED) is 0.755. The smallest absolute Gasteiger partial charge is 0.00488 e. The van der Waals surface area contributed by atoms with Crippen LogP contribution in [0.15, 0.2) is 0 Å². The fraction of sp³-hybridized carbons (Fsp3) is 1.00. The third-order valence-electron chi connectivity index (χ3n) is 4.86. The number of rotatable bonds is 3. The molecule has 0 radical (unpaired) electrons. The molecular weight excluding hydrogens is 182 g/mol. The van der Waals surface area contributed by atoms with Gasteiger partial charge in [-0.3, -0.25) is 0 Å². The van der Waals surface area contributed by atoms with E-state index in [4.69, 9.17) is 5.73 Å². The Morgan fingerprint density at radius 3 is 2.13 bits per heavy atom. The van der Waals surface area contributed by atoms with E-state index in [2.05, 4.69) is 6.92 Å². The van der Waals surface area contributed by atoms with Crippen molar-refractivity contribution in [2.24, 2.45) is 29.4 Å². The van der Waals surface area contributed by atoms with Crippen LogP contribution in [-0.4, -0.2) is 6.54 Å². The molecule has 0 aliphatic heterocycles. The molecule has 0 heterocycles. The summed E-state index contributed by atoms with van der Waals surface area (Å²) in [5, 5.41) is 0. The fourth-order valence-electron chi connectivity index (χ4n) is 3.97. The van der Waals surface area contributed by atoms with E-state index in [0.717, 1.165) is 30.2 Å². The molecular formula is C14H27N. The Balaban J connectivity index is 1.83. The maximum Gasteiger partial charge on any atom is -0.00488 e. The van der Waals surface area contributed by atoms with Gasteiger partial charge in [0.1, 0.15) is 0 Å². The molecule has 15 heavy (non-hydrogen) atoms. The first-order chi connectivity index (χ1) is 7.33. The molecule has 0 spiro atoms. The lowest BCUT2D eigenvalue weighted by Crippen LogP contribution is -2.33. The molecule has 0 aromatic rings. The highest BCUT2D eigenvalue weighted by molar-refractivity contribution is 4.86. The van der Waals surface area contributed by atoms with E-state index < -0.39 is 0 Å². The second kappa shape index (κ2) is 5.34. The summed E-state index contributed by atoms with van der Waals surface area (Å²) >= 11 is 0. The minimum absolute atomic E-state index is 0.856. The third-order valence-corrected chi connectivity index (χ3v) is 4.86. The normalized spacial score (nSPS) is 41.2. The minimum Gasteiger partial charge on any atom is -0.330 e. The average molecular weight is 209 g/mol. The monoisotopic (exact) mass is 209 g/mol. The van der Waals surface area contributed by atoms with Crippen LogP contribution in [0.3, 0.4) is 0 Å². The lowest BCUT2D eigenvalue weighted by Gasteiger charge is -2.42. The van der Waals surface area contributed by atoms with Gasteiger partial charge in [-0.25, -0.2) is 0 Å². The molecule has 1 nitrogen and oxygen atoms in total. The van der Waals surface area contributed by atoms with Crippen molar-refractivity contribution >= 4 is 0 Å². The van der Waals surface area contributed by atoms with E-state index in [1.165, 1.54) is 51.4 Å². The van der Waals surface area contributed by atoms with E-state index in [9.17, 15) is 0 Å². The van der Waals surface area contributed by atoms with Gasteiger partial charge in [-0.2, -0.15) is 0 Å². The van der Waals surface area contributed by atoms with Gasteiger partial charge in [-0.05, 0) is 62.3 Å². The zero-order valence-corrected chi connectivity index (χ0v) is 10.3. The molecule has 4 atom stereocenters. The first kappa shape index (κ1) is 11.4. The third kappa shape index (κ3) is 2.75. The summed E-state index contributed by atoms with van der Waals surface area (Å²) in [6.45, 7) is 3.26. The van der Waals surface area contributed by atoms with Gasteiger partial charge < -0.3 is 5.73 Å². The Morgan fingerprint density at radius 1 is 0.933 bits per heavy atom. The van der Waals surface area contributed by atoms with Crippen molar-refractivity contribution in [2.75, 3.05) is 6.54 Å². The van der Waals surface area contributed by atoms with Crippen molar-refractivity contribution in [1.82, 2.24) is 0 Å². The Morgan fingerprint density at radius 2 is 1.53 bits per heavy atom. The topological polar surface area (TPSA) is 26.0 Å². The summed E-state index contributed by atoms with van der Waals surface area (Å²) in [7, 11) is 0. The molecule has 2 aliphatic rings. The highest BCUT2D eigenvalue weighted by atomic mass is 14.6. The standard InChI is InChI=1S/C14H27N/c1-2-3-11-4-6-14-9-12(10-15)5-7-13(14)8-11/h11-14H,2-10,15H2,1H3. The van der Waals surface area contributed by atoms with Crippen LogP contribution in [0.5, 0.6) is 0 Å². The first-order valence-corrected chi connectivity index (χ1v) is 7.03. The second-order valence-electron chi connectivity index (χ2n) is 5.90. The molecule has 4 unspecified atom stereocenters. The minimum atomic E-state index is 0.856.